The van der Waals surface area contributed by atoms with Gasteiger partial charge in [-0.15, -0.1) is 0 Å². The van der Waals surface area contributed by atoms with Gasteiger partial charge in [-0.25, -0.2) is 4.79 Å². The normalized spacial score (nSPS) is 10.7. The van der Waals surface area contributed by atoms with E-state index in [1.54, 1.807) is 26.0 Å². The summed E-state index contributed by atoms with van der Waals surface area (Å²) in [7, 11) is 0. The molecule has 8 heteroatoms. The number of benzene rings is 2. The molecule has 0 unspecified atom stereocenters. The Hall–Kier alpha value is -3.19. The van der Waals surface area contributed by atoms with E-state index in [1.165, 1.54) is 18.2 Å². The van der Waals surface area contributed by atoms with Crippen molar-refractivity contribution in [2.45, 2.75) is 13.8 Å². The van der Waals surface area contributed by atoms with E-state index >= 15 is 0 Å². The van der Waals surface area contributed by atoms with Crippen molar-refractivity contribution >= 4 is 39.9 Å². The van der Waals surface area contributed by atoms with Gasteiger partial charge in [0.1, 0.15) is 10.6 Å². The third kappa shape index (κ3) is 3.29. The van der Waals surface area contributed by atoms with E-state index in [-0.39, 0.29) is 16.3 Å². The number of anilines is 1. The lowest BCUT2D eigenvalue weighted by atomic mass is 10.1. The van der Waals surface area contributed by atoms with Crippen LogP contribution in [0.15, 0.2) is 45.6 Å². The van der Waals surface area contributed by atoms with Crippen molar-refractivity contribution in [3.8, 4) is 0 Å². The number of hydrogen-bond donors (Lipinski definition) is 1. The van der Waals surface area contributed by atoms with Gasteiger partial charge in [-0.2, -0.15) is 0 Å². The van der Waals surface area contributed by atoms with E-state index in [2.05, 4.69) is 5.32 Å². The van der Waals surface area contributed by atoms with Crippen molar-refractivity contribution in [3.05, 3.63) is 78.6 Å². The predicted octanol–water partition coefficient (Wildman–Crippen LogP) is 4.22. The molecule has 0 fully saturated rings. The lowest BCUT2D eigenvalue weighted by Crippen LogP contribution is -2.13. The number of amides is 1. The van der Waals surface area contributed by atoms with E-state index < -0.39 is 16.5 Å². The van der Waals surface area contributed by atoms with E-state index in [0.29, 0.717) is 27.8 Å². The minimum atomic E-state index is -0.647. The molecule has 0 aliphatic carbocycles. The number of aryl methyl sites for hydroxylation is 2. The van der Waals surface area contributed by atoms with Crippen LogP contribution in [-0.2, 0) is 0 Å². The molecular formula is C18H13ClN2O5. The average molecular weight is 373 g/mol. The molecular weight excluding hydrogens is 360 g/mol. The highest BCUT2D eigenvalue weighted by molar-refractivity contribution is 6.32. The summed E-state index contributed by atoms with van der Waals surface area (Å²) in [5, 5.41) is 14.3. The second-order valence-electron chi connectivity index (χ2n) is 5.79. The van der Waals surface area contributed by atoms with E-state index in [1.807, 2.05) is 0 Å². The van der Waals surface area contributed by atoms with Crippen LogP contribution >= 0.6 is 11.6 Å². The summed E-state index contributed by atoms with van der Waals surface area (Å²) in [5.41, 5.74) is 1.66. The number of fused-ring (bicyclic) bond motifs is 1. The fraction of sp³-hybridized carbons (Fsp3) is 0.111. The van der Waals surface area contributed by atoms with Gasteiger partial charge in [0.15, 0.2) is 0 Å². The van der Waals surface area contributed by atoms with Gasteiger partial charge in [0, 0.05) is 28.8 Å². The predicted molar refractivity (Wildman–Crippen MR) is 98.0 cm³/mol. The topological polar surface area (TPSA) is 102 Å². The Morgan fingerprint density at radius 1 is 1.15 bits per heavy atom. The zero-order valence-corrected chi connectivity index (χ0v) is 14.6. The van der Waals surface area contributed by atoms with Crippen LogP contribution in [0, 0.1) is 24.0 Å². The summed E-state index contributed by atoms with van der Waals surface area (Å²) in [5.74, 6) is -0.512. The van der Waals surface area contributed by atoms with Gasteiger partial charge in [0.05, 0.1) is 4.92 Å². The quantitative estimate of drug-likeness (QED) is 0.421. The molecule has 26 heavy (non-hydrogen) atoms. The maximum Gasteiger partial charge on any atom is 0.336 e. The summed E-state index contributed by atoms with van der Waals surface area (Å²) >= 11 is 5.77. The molecule has 1 N–H and O–H groups in total. The van der Waals surface area contributed by atoms with Crippen molar-refractivity contribution in [2.75, 3.05) is 5.32 Å². The Morgan fingerprint density at radius 3 is 2.58 bits per heavy atom. The maximum absolute atomic E-state index is 12.5. The Balaban J connectivity index is 2.00. The van der Waals surface area contributed by atoms with Gasteiger partial charge in [0.25, 0.3) is 11.6 Å². The molecule has 1 heterocycles. The summed E-state index contributed by atoms with van der Waals surface area (Å²) in [4.78, 5) is 34.3. The molecule has 2 aromatic carbocycles. The third-order valence-corrected chi connectivity index (χ3v) is 4.27. The molecule has 0 spiro atoms. The first-order valence-corrected chi connectivity index (χ1v) is 7.94. The minimum absolute atomic E-state index is 0.0425. The molecule has 132 valence electrons. The zero-order valence-electron chi connectivity index (χ0n) is 13.8. The number of rotatable bonds is 3. The first kappa shape index (κ1) is 17.6. The van der Waals surface area contributed by atoms with E-state index in [9.17, 15) is 19.7 Å². The highest BCUT2D eigenvalue weighted by Crippen LogP contribution is 2.28. The largest absolute Gasteiger partial charge is 0.423 e. The molecule has 0 radical (unpaired) electrons. The number of nitrogens with zero attached hydrogens (tertiary/aromatic N) is 1. The molecule has 0 bridgehead atoms. The van der Waals surface area contributed by atoms with Crippen LogP contribution in [0.1, 0.15) is 21.5 Å². The molecule has 3 rings (SSSR count). The number of nitro groups is 1. The van der Waals surface area contributed by atoms with Gasteiger partial charge in [-0.1, -0.05) is 11.6 Å². The van der Waals surface area contributed by atoms with Crippen molar-refractivity contribution in [3.63, 3.8) is 0 Å². The number of nitrogens with one attached hydrogen (secondary N) is 1. The molecule has 0 saturated heterocycles. The first-order chi connectivity index (χ1) is 12.3. The van der Waals surface area contributed by atoms with Crippen molar-refractivity contribution in [1.29, 1.82) is 0 Å². The molecule has 0 aliphatic heterocycles. The molecule has 7 nitrogen and oxygen atoms in total. The van der Waals surface area contributed by atoms with Gasteiger partial charge >= 0.3 is 5.63 Å². The number of carbonyl (C=O) groups is 1. The molecule has 1 amide bonds. The van der Waals surface area contributed by atoms with Gasteiger partial charge in [0.2, 0.25) is 0 Å². The molecule has 0 atom stereocenters. The number of nitro benzene ring substituents is 1. The van der Waals surface area contributed by atoms with Gasteiger partial charge in [-0.3, -0.25) is 14.9 Å². The van der Waals surface area contributed by atoms with Crippen molar-refractivity contribution < 1.29 is 14.1 Å². The Bertz CT molecular complexity index is 1120. The van der Waals surface area contributed by atoms with Crippen LogP contribution in [-0.4, -0.2) is 10.8 Å². The fourth-order valence-electron chi connectivity index (χ4n) is 2.59. The highest BCUT2D eigenvalue weighted by Gasteiger charge is 2.17. The summed E-state index contributed by atoms with van der Waals surface area (Å²) in [6.45, 7) is 3.52. The van der Waals surface area contributed by atoms with Crippen LogP contribution in [0.5, 0.6) is 0 Å². The van der Waals surface area contributed by atoms with Gasteiger partial charge in [-0.05, 0) is 49.2 Å². The maximum atomic E-state index is 12.5. The number of halogens is 1. The Kier molecular flexibility index (Phi) is 4.48. The van der Waals surface area contributed by atoms with E-state index in [4.69, 9.17) is 16.0 Å². The van der Waals surface area contributed by atoms with E-state index in [0.717, 1.165) is 6.07 Å². The summed E-state index contributed by atoms with van der Waals surface area (Å²) < 4.78 is 5.17. The minimum Gasteiger partial charge on any atom is -0.423 e. The Morgan fingerprint density at radius 2 is 1.88 bits per heavy atom. The molecule has 0 aliphatic rings. The van der Waals surface area contributed by atoms with Gasteiger partial charge < -0.3 is 9.73 Å². The molecule has 1 aromatic heterocycles. The second-order valence-corrected chi connectivity index (χ2v) is 6.20. The van der Waals surface area contributed by atoms with Crippen LogP contribution in [0.4, 0.5) is 11.4 Å². The molecule has 3 aromatic rings. The number of carbonyl (C=O) groups excluding carboxylic acids is 1. The lowest BCUT2D eigenvalue weighted by Gasteiger charge is -2.11. The Labute approximate surface area is 152 Å². The SMILES string of the molecule is Cc1cc2oc(=O)cc(C)c2cc1NC(=O)c1ccc(Cl)c([N+](=O)[O-])c1. The zero-order chi connectivity index (χ0) is 19.0. The third-order valence-electron chi connectivity index (χ3n) is 3.95. The van der Waals surface area contributed by atoms with Crippen molar-refractivity contribution in [1.82, 2.24) is 0 Å². The summed E-state index contributed by atoms with van der Waals surface area (Å²) in [6.07, 6.45) is 0. The fourth-order valence-corrected chi connectivity index (χ4v) is 2.78. The van der Waals surface area contributed by atoms with Crippen LogP contribution in [0.3, 0.4) is 0 Å². The average Bonchev–Trinajstić information content (AvgIpc) is 2.56. The van der Waals surface area contributed by atoms with Crippen LogP contribution < -0.4 is 10.9 Å². The second kappa shape index (κ2) is 6.61. The highest BCUT2D eigenvalue weighted by atomic mass is 35.5. The van der Waals surface area contributed by atoms with Crippen molar-refractivity contribution in [2.24, 2.45) is 0 Å². The summed E-state index contributed by atoms with van der Waals surface area (Å²) in [6, 6.07) is 8.56. The monoisotopic (exact) mass is 372 g/mol. The van der Waals surface area contributed by atoms with Crippen LogP contribution in [0.2, 0.25) is 5.02 Å². The first-order valence-electron chi connectivity index (χ1n) is 7.56. The smallest absolute Gasteiger partial charge is 0.336 e. The van der Waals surface area contributed by atoms with Crippen LogP contribution in [0.25, 0.3) is 11.0 Å². The number of hydrogen-bond acceptors (Lipinski definition) is 5. The molecule has 0 saturated carbocycles. The lowest BCUT2D eigenvalue weighted by molar-refractivity contribution is -0.384. The standard InChI is InChI=1S/C18H13ClN2O5/c1-9-6-17(22)26-16-5-10(2)14(8-12(9)16)20-18(23)11-3-4-13(19)15(7-11)21(24)25/h3-8H,1-2H3,(H,20,23).